The SMILES string of the molecule is NCC(c1ccc(Br)c(Cl)c1)N(Cc1ccco1)C1CC1. The summed E-state index contributed by atoms with van der Waals surface area (Å²) in [4.78, 5) is 2.43. The molecule has 3 rings (SSSR count). The minimum absolute atomic E-state index is 0.160. The van der Waals surface area contributed by atoms with Gasteiger partial charge in [-0.25, -0.2) is 0 Å². The quantitative estimate of drug-likeness (QED) is 0.822. The van der Waals surface area contributed by atoms with Gasteiger partial charge in [0, 0.05) is 23.1 Å². The van der Waals surface area contributed by atoms with Crippen molar-refractivity contribution in [3.05, 3.63) is 57.4 Å². The predicted molar refractivity (Wildman–Crippen MR) is 88.2 cm³/mol. The summed E-state index contributed by atoms with van der Waals surface area (Å²) in [5, 5.41) is 0.722. The fourth-order valence-corrected chi connectivity index (χ4v) is 3.10. The first kappa shape index (κ1) is 15.1. The Morgan fingerprint density at radius 3 is 2.76 bits per heavy atom. The van der Waals surface area contributed by atoms with E-state index in [1.165, 1.54) is 12.8 Å². The third-order valence-corrected chi connectivity index (χ3v) is 5.12. The maximum absolute atomic E-state index is 6.23. The van der Waals surface area contributed by atoms with Crippen LogP contribution in [0.25, 0.3) is 0 Å². The van der Waals surface area contributed by atoms with Crippen molar-refractivity contribution in [2.24, 2.45) is 5.73 Å². The molecule has 1 heterocycles. The largest absolute Gasteiger partial charge is 0.468 e. The summed E-state index contributed by atoms with van der Waals surface area (Å²) in [5.74, 6) is 0.976. The van der Waals surface area contributed by atoms with Gasteiger partial charge in [-0.05, 0) is 58.6 Å². The second-order valence-electron chi connectivity index (χ2n) is 5.41. The normalized spacial score (nSPS) is 16.4. The molecular weight excluding hydrogens is 352 g/mol. The molecule has 1 aromatic carbocycles. The number of nitrogens with two attached hydrogens (primary N) is 1. The number of halogens is 2. The summed E-state index contributed by atoms with van der Waals surface area (Å²) in [7, 11) is 0. The molecule has 1 saturated carbocycles. The number of nitrogens with zero attached hydrogens (tertiary/aromatic N) is 1. The van der Waals surface area contributed by atoms with Crippen LogP contribution in [0.1, 0.15) is 30.2 Å². The van der Waals surface area contributed by atoms with Crippen LogP contribution in [0.5, 0.6) is 0 Å². The van der Waals surface area contributed by atoms with Crippen molar-refractivity contribution >= 4 is 27.5 Å². The molecule has 1 fully saturated rings. The molecule has 0 radical (unpaired) electrons. The van der Waals surface area contributed by atoms with Gasteiger partial charge in [0.25, 0.3) is 0 Å². The first-order chi connectivity index (χ1) is 10.2. The molecule has 1 atom stereocenters. The fourth-order valence-electron chi connectivity index (χ4n) is 2.67. The van der Waals surface area contributed by atoms with Gasteiger partial charge < -0.3 is 10.2 Å². The molecule has 1 aliphatic carbocycles. The highest BCUT2D eigenvalue weighted by atomic mass is 79.9. The van der Waals surface area contributed by atoms with Gasteiger partial charge >= 0.3 is 0 Å². The number of furan rings is 1. The van der Waals surface area contributed by atoms with Gasteiger partial charge in [0.2, 0.25) is 0 Å². The van der Waals surface area contributed by atoms with E-state index < -0.39 is 0 Å². The lowest BCUT2D eigenvalue weighted by atomic mass is 10.0. The fraction of sp³-hybridized carbons (Fsp3) is 0.375. The van der Waals surface area contributed by atoms with Crippen molar-refractivity contribution in [3.8, 4) is 0 Å². The third-order valence-electron chi connectivity index (χ3n) is 3.89. The van der Waals surface area contributed by atoms with E-state index in [-0.39, 0.29) is 6.04 Å². The van der Waals surface area contributed by atoms with E-state index in [9.17, 15) is 0 Å². The van der Waals surface area contributed by atoms with Crippen LogP contribution < -0.4 is 5.73 Å². The van der Waals surface area contributed by atoms with Crippen molar-refractivity contribution < 1.29 is 4.42 Å². The van der Waals surface area contributed by atoms with Crippen LogP contribution in [-0.2, 0) is 6.54 Å². The number of rotatable bonds is 6. The van der Waals surface area contributed by atoms with Gasteiger partial charge in [-0.15, -0.1) is 0 Å². The highest BCUT2D eigenvalue weighted by Gasteiger charge is 2.34. The van der Waals surface area contributed by atoms with Gasteiger partial charge in [-0.2, -0.15) is 0 Å². The zero-order valence-electron chi connectivity index (χ0n) is 11.6. The highest BCUT2D eigenvalue weighted by Crippen LogP contribution is 2.37. The lowest BCUT2D eigenvalue weighted by molar-refractivity contribution is 0.168. The molecule has 0 amide bonds. The maximum atomic E-state index is 6.23. The van der Waals surface area contributed by atoms with Crippen molar-refractivity contribution in [2.45, 2.75) is 31.5 Å². The second-order valence-corrected chi connectivity index (χ2v) is 6.67. The predicted octanol–water partition coefficient (Wildman–Crippen LogP) is 4.36. The van der Waals surface area contributed by atoms with Crippen LogP contribution >= 0.6 is 27.5 Å². The molecule has 0 spiro atoms. The molecule has 0 aliphatic heterocycles. The highest BCUT2D eigenvalue weighted by molar-refractivity contribution is 9.10. The van der Waals surface area contributed by atoms with Crippen LogP contribution in [0, 0.1) is 0 Å². The van der Waals surface area contributed by atoms with E-state index in [0.29, 0.717) is 12.6 Å². The Morgan fingerprint density at radius 2 is 2.19 bits per heavy atom. The van der Waals surface area contributed by atoms with Gasteiger partial charge in [0.15, 0.2) is 0 Å². The van der Waals surface area contributed by atoms with Gasteiger partial charge in [0.05, 0.1) is 17.8 Å². The average molecular weight is 370 g/mol. The zero-order chi connectivity index (χ0) is 14.8. The topological polar surface area (TPSA) is 42.4 Å². The Bertz CT molecular complexity index is 598. The smallest absolute Gasteiger partial charge is 0.117 e. The van der Waals surface area contributed by atoms with E-state index in [1.54, 1.807) is 6.26 Å². The minimum atomic E-state index is 0.160. The lowest BCUT2D eigenvalue weighted by Crippen LogP contribution is -2.35. The minimum Gasteiger partial charge on any atom is -0.468 e. The van der Waals surface area contributed by atoms with Crippen LogP contribution in [0.2, 0.25) is 5.02 Å². The van der Waals surface area contributed by atoms with E-state index in [1.807, 2.05) is 24.3 Å². The molecule has 1 aromatic heterocycles. The molecule has 1 aliphatic rings. The summed E-state index contributed by atoms with van der Waals surface area (Å²) < 4.78 is 6.41. The Balaban J connectivity index is 1.86. The third kappa shape index (κ3) is 3.51. The Hall–Kier alpha value is -0.810. The molecule has 0 saturated heterocycles. The zero-order valence-corrected chi connectivity index (χ0v) is 14.0. The summed E-state index contributed by atoms with van der Waals surface area (Å²) in [6.45, 7) is 1.35. The standard InChI is InChI=1S/C16H18BrClN2O/c17-14-6-3-11(8-15(14)18)16(9-19)20(12-4-5-12)10-13-2-1-7-21-13/h1-3,6-8,12,16H,4-5,9-10,19H2. The van der Waals surface area contributed by atoms with Gasteiger partial charge in [-0.1, -0.05) is 17.7 Å². The second kappa shape index (κ2) is 6.53. The van der Waals surface area contributed by atoms with Gasteiger partial charge in [-0.3, -0.25) is 4.90 Å². The molecule has 2 aromatic rings. The van der Waals surface area contributed by atoms with Crippen LogP contribution in [0.15, 0.2) is 45.5 Å². The maximum Gasteiger partial charge on any atom is 0.117 e. The number of hydrogen-bond acceptors (Lipinski definition) is 3. The molecule has 5 heteroatoms. The average Bonchev–Trinajstić information content (AvgIpc) is 3.20. The van der Waals surface area contributed by atoms with Crippen LogP contribution in [-0.4, -0.2) is 17.5 Å². The molecule has 3 nitrogen and oxygen atoms in total. The Labute approximate surface area is 138 Å². The summed E-state index contributed by atoms with van der Waals surface area (Å²) in [6.07, 6.45) is 4.16. The van der Waals surface area contributed by atoms with Crippen molar-refractivity contribution in [1.29, 1.82) is 0 Å². The summed E-state index contributed by atoms with van der Waals surface area (Å²) >= 11 is 9.67. The first-order valence-corrected chi connectivity index (χ1v) is 8.29. The van der Waals surface area contributed by atoms with E-state index in [4.69, 9.17) is 21.8 Å². The van der Waals surface area contributed by atoms with Crippen LogP contribution in [0.3, 0.4) is 0 Å². The molecule has 1 unspecified atom stereocenters. The Kier molecular flexibility index (Phi) is 4.69. The Morgan fingerprint density at radius 1 is 1.38 bits per heavy atom. The molecule has 21 heavy (non-hydrogen) atoms. The van der Waals surface area contributed by atoms with E-state index in [0.717, 1.165) is 27.4 Å². The lowest BCUT2D eigenvalue weighted by Gasteiger charge is -2.31. The summed E-state index contributed by atoms with van der Waals surface area (Å²) in [5.41, 5.74) is 7.22. The van der Waals surface area contributed by atoms with E-state index in [2.05, 4.69) is 26.9 Å². The van der Waals surface area contributed by atoms with Gasteiger partial charge in [0.1, 0.15) is 5.76 Å². The molecule has 0 bridgehead atoms. The van der Waals surface area contributed by atoms with Crippen molar-refractivity contribution in [3.63, 3.8) is 0 Å². The summed E-state index contributed by atoms with van der Waals surface area (Å²) in [6, 6.07) is 10.8. The number of hydrogen-bond donors (Lipinski definition) is 1. The molecule has 112 valence electrons. The molecule has 2 N–H and O–H groups in total. The molecular formula is C16H18BrClN2O. The van der Waals surface area contributed by atoms with Crippen molar-refractivity contribution in [1.82, 2.24) is 4.90 Å². The first-order valence-electron chi connectivity index (χ1n) is 7.12. The number of benzene rings is 1. The van der Waals surface area contributed by atoms with E-state index >= 15 is 0 Å². The van der Waals surface area contributed by atoms with Crippen molar-refractivity contribution in [2.75, 3.05) is 6.54 Å². The monoisotopic (exact) mass is 368 g/mol. The van der Waals surface area contributed by atoms with Crippen LogP contribution in [0.4, 0.5) is 0 Å².